The second-order valence-corrected chi connectivity index (χ2v) is 22.7. The van der Waals surface area contributed by atoms with Crippen molar-refractivity contribution >= 4 is 67.8 Å². The van der Waals surface area contributed by atoms with Gasteiger partial charge in [-0.1, -0.05) is 162 Å². The molecule has 0 amide bonds. The number of rotatable bonds is 7. The Morgan fingerprint density at radius 1 is 0.517 bits per heavy atom. The Balaban J connectivity index is 1.15. The summed E-state index contributed by atoms with van der Waals surface area (Å²) in [4.78, 5) is 5.42. The standard InChI is InChI=1S/C54H48N2OSi/c1-33(2)45-30-40(37-21-19-35(20-22-37)36-25-27-41(28-26-36)58(5,6)7)31-46(34(3)4)52(45)56-50-18-11-10-17-49(50)55-54(56)44-16-12-15-43-48-29-39-24-23-38-13-8-9-14-42(38)47(39)32-51(48)57-53(43)44/h8-34H,1-7H3. The molecule has 0 radical (unpaired) electrons. The van der Waals surface area contributed by atoms with Crippen molar-refractivity contribution in [2.45, 2.75) is 59.2 Å². The Morgan fingerprint density at radius 2 is 1.12 bits per heavy atom. The average Bonchev–Trinajstić information content (AvgIpc) is 3.80. The molecule has 0 N–H and O–H groups in total. The third kappa shape index (κ3) is 5.97. The van der Waals surface area contributed by atoms with E-state index in [1.54, 1.807) is 0 Å². The van der Waals surface area contributed by atoms with E-state index < -0.39 is 8.07 Å². The Hall–Kier alpha value is -6.23. The fraction of sp³-hybridized carbons (Fsp3) is 0.167. The number of benzene rings is 8. The highest BCUT2D eigenvalue weighted by atomic mass is 28.3. The van der Waals surface area contributed by atoms with Gasteiger partial charge in [-0.05, 0) is 109 Å². The summed E-state index contributed by atoms with van der Waals surface area (Å²) in [6.45, 7) is 16.5. The molecule has 0 aliphatic carbocycles. The maximum atomic E-state index is 6.92. The normalized spacial score (nSPS) is 12.4. The number of fused-ring (bicyclic) bond motifs is 7. The lowest BCUT2D eigenvalue weighted by atomic mass is 9.87. The third-order valence-electron chi connectivity index (χ3n) is 12.1. The largest absolute Gasteiger partial charge is 0.455 e. The molecule has 0 aliphatic rings. The van der Waals surface area contributed by atoms with E-state index in [9.17, 15) is 0 Å². The van der Waals surface area contributed by atoms with Gasteiger partial charge in [0.2, 0.25) is 0 Å². The summed E-state index contributed by atoms with van der Waals surface area (Å²) in [6.07, 6.45) is 0. The fourth-order valence-electron chi connectivity index (χ4n) is 8.91. The van der Waals surface area contributed by atoms with E-state index >= 15 is 0 Å². The fourth-order valence-corrected chi connectivity index (χ4v) is 10.1. The van der Waals surface area contributed by atoms with Crippen LogP contribution in [0.3, 0.4) is 0 Å². The third-order valence-corrected chi connectivity index (χ3v) is 14.2. The first-order valence-corrected chi connectivity index (χ1v) is 24.2. The molecule has 2 heterocycles. The van der Waals surface area contributed by atoms with Crippen LogP contribution in [0.1, 0.15) is 50.7 Å². The van der Waals surface area contributed by atoms with Gasteiger partial charge in [0.25, 0.3) is 0 Å². The maximum Gasteiger partial charge on any atom is 0.149 e. The van der Waals surface area contributed by atoms with Crippen LogP contribution >= 0.6 is 0 Å². The monoisotopic (exact) mass is 768 g/mol. The summed E-state index contributed by atoms with van der Waals surface area (Å²) in [6, 6.07) is 55.8. The summed E-state index contributed by atoms with van der Waals surface area (Å²) >= 11 is 0. The number of para-hydroxylation sites is 3. The number of imidazole rings is 1. The van der Waals surface area contributed by atoms with E-state index in [4.69, 9.17) is 9.40 Å². The number of hydrogen-bond acceptors (Lipinski definition) is 2. The molecule has 58 heavy (non-hydrogen) atoms. The van der Waals surface area contributed by atoms with E-state index in [-0.39, 0.29) is 11.8 Å². The Bertz CT molecular complexity index is 3160. The zero-order chi connectivity index (χ0) is 39.9. The number of hydrogen-bond donors (Lipinski definition) is 0. The van der Waals surface area contributed by atoms with Crippen molar-refractivity contribution in [2.24, 2.45) is 0 Å². The summed E-state index contributed by atoms with van der Waals surface area (Å²) < 4.78 is 9.34. The predicted molar refractivity (Wildman–Crippen MR) is 251 cm³/mol. The highest BCUT2D eigenvalue weighted by Gasteiger charge is 2.26. The molecular weight excluding hydrogens is 721 g/mol. The minimum absolute atomic E-state index is 0.259. The number of furan rings is 1. The Morgan fingerprint density at radius 3 is 1.81 bits per heavy atom. The zero-order valence-electron chi connectivity index (χ0n) is 34.4. The lowest BCUT2D eigenvalue weighted by Crippen LogP contribution is -2.37. The molecule has 0 saturated carbocycles. The van der Waals surface area contributed by atoms with Crippen LogP contribution in [0.15, 0.2) is 156 Å². The van der Waals surface area contributed by atoms with Gasteiger partial charge in [0.05, 0.1) is 30.4 Å². The minimum Gasteiger partial charge on any atom is -0.455 e. The summed E-state index contributed by atoms with van der Waals surface area (Å²) in [5.41, 5.74) is 13.6. The summed E-state index contributed by atoms with van der Waals surface area (Å²) in [7, 11) is -1.35. The minimum atomic E-state index is -1.35. The van der Waals surface area contributed by atoms with Crippen molar-refractivity contribution in [3.8, 4) is 39.3 Å². The van der Waals surface area contributed by atoms with Crippen molar-refractivity contribution in [2.75, 3.05) is 0 Å². The van der Waals surface area contributed by atoms with Gasteiger partial charge in [-0.25, -0.2) is 4.98 Å². The van der Waals surface area contributed by atoms with Gasteiger partial charge in [-0.15, -0.1) is 0 Å². The van der Waals surface area contributed by atoms with Crippen molar-refractivity contribution in [3.05, 3.63) is 163 Å². The van der Waals surface area contributed by atoms with Gasteiger partial charge in [0.1, 0.15) is 17.0 Å². The first-order valence-electron chi connectivity index (χ1n) is 20.7. The zero-order valence-corrected chi connectivity index (χ0v) is 35.4. The molecule has 0 unspecified atom stereocenters. The molecule has 8 aromatic carbocycles. The maximum absolute atomic E-state index is 6.92. The summed E-state index contributed by atoms with van der Waals surface area (Å²) in [5.74, 6) is 1.41. The molecular formula is C54H48N2OSi. The van der Waals surface area contributed by atoms with Crippen LogP contribution in [0.4, 0.5) is 0 Å². The Kier molecular flexibility index (Phi) is 8.54. The van der Waals surface area contributed by atoms with Crippen molar-refractivity contribution < 1.29 is 4.42 Å². The van der Waals surface area contributed by atoms with E-state index in [1.165, 1.54) is 65.8 Å². The van der Waals surface area contributed by atoms with Gasteiger partial charge >= 0.3 is 0 Å². The van der Waals surface area contributed by atoms with Crippen LogP contribution in [0.5, 0.6) is 0 Å². The highest BCUT2D eigenvalue weighted by Crippen LogP contribution is 2.43. The van der Waals surface area contributed by atoms with Gasteiger partial charge in [0, 0.05) is 10.8 Å². The first kappa shape index (κ1) is 36.1. The number of aromatic nitrogens is 2. The van der Waals surface area contributed by atoms with E-state index in [2.05, 4.69) is 204 Å². The molecule has 284 valence electrons. The second-order valence-electron chi connectivity index (χ2n) is 17.6. The quantitative estimate of drug-likeness (QED) is 0.119. The first-order chi connectivity index (χ1) is 28.0. The smallest absolute Gasteiger partial charge is 0.149 e. The van der Waals surface area contributed by atoms with Gasteiger partial charge in [-0.3, -0.25) is 4.57 Å². The molecule has 3 nitrogen and oxygen atoms in total. The molecule has 0 fully saturated rings. The number of nitrogens with zero attached hydrogens (tertiary/aromatic N) is 2. The second kappa shape index (κ2) is 13.7. The lowest BCUT2D eigenvalue weighted by Gasteiger charge is -2.24. The lowest BCUT2D eigenvalue weighted by molar-refractivity contribution is 0.670. The van der Waals surface area contributed by atoms with Crippen LogP contribution in [0, 0.1) is 0 Å². The van der Waals surface area contributed by atoms with Crippen LogP contribution in [0.2, 0.25) is 19.6 Å². The van der Waals surface area contributed by atoms with Crippen LogP contribution in [-0.4, -0.2) is 17.6 Å². The molecule has 0 saturated heterocycles. The van der Waals surface area contributed by atoms with Crippen molar-refractivity contribution in [3.63, 3.8) is 0 Å². The van der Waals surface area contributed by atoms with Crippen LogP contribution in [-0.2, 0) is 0 Å². The van der Waals surface area contributed by atoms with Crippen molar-refractivity contribution in [1.82, 2.24) is 9.55 Å². The van der Waals surface area contributed by atoms with Gasteiger partial charge in [-0.2, -0.15) is 0 Å². The van der Waals surface area contributed by atoms with E-state index in [0.29, 0.717) is 0 Å². The summed E-state index contributed by atoms with van der Waals surface area (Å²) in [5, 5.41) is 8.58. The predicted octanol–water partition coefficient (Wildman–Crippen LogP) is 15.0. The SMILES string of the molecule is CC(C)c1cc(-c2ccc(-c3ccc([Si](C)(C)C)cc3)cc2)cc(C(C)C)c1-n1c(-c2cccc3c2oc2cc4c(ccc5ccccc54)cc23)nc2ccccc21. The molecule has 10 rings (SSSR count). The molecule has 0 bridgehead atoms. The molecule has 0 atom stereocenters. The Labute approximate surface area is 341 Å². The molecule has 10 aromatic rings. The molecule has 0 aliphatic heterocycles. The van der Waals surface area contributed by atoms with E-state index in [0.717, 1.165) is 44.4 Å². The topological polar surface area (TPSA) is 31.0 Å². The van der Waals surface area contributed by atoms with Crippen molar-refractivity contribution in [1.29, 1.82) is 0 Å². The highest BCUT2D eigenvalue weighted by molar-refractivity contribution is 6.88. The average molecular weight is 769 g/mol. The molecule has 0 spiro atoms. The molecule has 2 aromatic heterocycles. The van der Waals surface area contributed by atoms with E-state index in [1.807, 2.05) is 0 Å². The van der Waals surface area contributed by atoms with Gasteiger partial charge in [0.15, 0.2) is 0 Å². The molecule has 4 heteroatoms. The van der Waals surface area contributed by atoms with Crippen LogP contribution in [0.25, 0.3) is 93.8 Å². The van der Waals surface area contributed by atoms with Gasteiger partial charge < -0.3 is 4.42 Å². The van der Waals surface area contributed by atoms with Crippen LogP contribution < -0.4 is 5.19 Å².